The van der Waals surface area contributed by atoms with Gasteiger partial charge in [-0.25, -0.2) is 23.1 Å². The highest BCUT2D eigenvalue weighted by Gasteiger charge is 2.16. The number of benzene rings is 2. The van der Waals surface area contributed by atoms with Crippen LogP contribution in [0.1, 0.15) is 21.5 Å². The van der Waals surface area contributed by atoms with Crippen LogP contribution < -0.4 is 10.6 Å². The third-order valence-corrected chi connectivity index (χ3v) is 3.73. The highest BCUT2D eigenvalue weighted by atomic mass is 19.2. The molecule has 0 radical (unpaired) electrons. The maximum absolute atomic E-state index is 13.6. The Hall–Kier alpha value is -3.42. The van der Waals surface area contributed by atoms with Gasteiger partial charge < -0.3 is 10.6 Å². The van der Waals surface area contributed by atoms with Crippen molar-refractivity contribution in [2.75, 3.05) is 10.6 Å². The zero-order chi connectivity index (χ0) is 19.4. The summed E-state index contributed by atoms with van der Waals surface area (Å²) < 4.78 is 39.8. The number of anilines is 2. The molecule has 138 valence electrons. The Morgan fingerprint density at radius 3 is 2.48 bits per heavy atom. The zero-order valence-corrected chi connectivity index (χ0v) is 14.3. The molecule has 0 saturated carbocycles. The molecule has 0 bridgehead atoms. The van der Waals surface area contributed by atoms with Crippen LogP contribution in [-0.2, 0) is 6.54 Å². The molecule has 0 atom stereocenters. The van der Waals surface area contributed by atoms with Crippen molar-refractivity contribution >= 4 is 17.5 Å². The largest absolute Gasteiger partial charge is 0.350 e. The van der Waals surface area contributed by atoms with E-state index >= 15 is 0 Å². The van der Waals surface area contributed by atoms with Gasteiger partial charge in [0.1, 0.15) is 0 Å². The molecular weight excluding hydrogens is 357 g/mol. The van der Waals surface area contributed by atoms with Crippen molar-refractivity contribution in [3.63, 3.8) is 0 Å². The number of halogens is 3. The molecule has 0 aliphatic carbocycles. The van der Waals surface area contributed by atoms with E-state index in [4.69, 9.17) is 0 Å². The van der Waals surface area contributed by atoms with Gasteiger partial charge in [-0.1, -0.05) is 29.8 Å². The van der Waals surface area contributed by atoms with Crippen LogP contribution in [0.4, 0.5) is 24.8 Å². The standard InChI is InChI=1S/C19H15F3N4O/c1-11-3-2-4-12(7-11)8-23-19-24-9-13(10-25-19)18(27)26-15-6-5-14(20)16(21)17(15)22/h2-7,9-10H,8H2,1H3,(H,26,27)(H,23,24,25). The summed E-state index contributed by atoms with van der Waals surface area (Å²) in [5, 5.41) is 5.18. The number of carbonyl (C=O) groups is 1. The molecule has 5 nitrogen and oxygen atoms in total. The summed E-state index contributed by atoms with van der Waals surface area (Å²) in [5.41, 5.74) is 1.75. The number of nitrogens with one attached hydrogen (secondary N) is 2. The quantitative estimate of drug-likeness (QED) is 0.663. The van der Waals surface area contributed by atoms with Gasteiger partial charge in [-0.2, -0.15) is 0 Å². The predicted molar refractivity (Wildman–Crippen MR) is 94.8 cm³/mol. The van der Waals surface area contributed by atoms with Crippen LogP contribution in [-0.4, -0.2) is 15.9 Å². The van der Waals surface area contributed by atoms with Crippen molar-refractivity contribution in [1.29, 1.82) is 0 Å². The van der Waals surface area contributed by atoms with Crippen molar-refractivity contribution in [2.24, 2.45) is 0 Å². The Bertz CT molecular complexity index is 977. The van der Waals surface area contributed by atoms with Gasteiger partial charge in [0, 0.05) is 18.9 Å². The molecule has 0 spiro atoms. The minimum Gasteiger partial charge on any atom is -0.350 e. The third kappa shape index (κ3) is 4.41. The highest BCUT2D eigenvalue weighted by Crippen LogP contribution is 2.20. The lowest BCUT2D eigenvalue weighted by Gasteiger charge is -2.08. The molecule has 0 aliphatic heterocycles. The first-order valence-electron chi connectivity index (χ1n) is 8.00. The monoisotopic (exact) mass is 372 g/mol. The second-order valence-corrected chi connectivity index (χ2v) is 5.81. The molecule has 1 heterocycles. The van der Waals surface area contributed by atoms with Gasteiger partial charge in [0.05, 0.1) is 11.3 Å². The van der Waals surface area contributed by atoms with E-state index in [0.29, 0.717) is 12.5 Å². The molecule has 0 unspecified atom stereocenters. The van der Waals surface area contributed by atoms with Crippen LogP contribution >= 0.6 is 0 Å². The normalized spacial score (nSPS) is 10.5. The molecule has 0 saturated heterocycles. The van der Waals surface area contributed by atoms with Crippen LogP contribution in [0.3, 0.4) is 0 Å². The topological polar surface area (TPSA) is 66.9 Å². The number of hydrogen-bond donors (Lipinski definition) is 2. The fraction of sp³-hybridized carbons (Fsp3) is 0.105. The predicted octanol–water partition coefficient (Wildman–Crippen LogP) is 4.07. The van der Waals surface area contributed by atoms with E-state index in [1.165, 1.54) is 12.4 Å². The van der Waals surface area contributed by atoms with Gasteiger partial charge in [0.25, 0.3) is 5.91 Å². The summed E-state index contributed by atoms with van der Waals surface area (Å²) in [5.74, 6) is -4.89. The lowest BCUT2D eigenvalue weighted by atomic mass is 10.1. The molecule has 0 fully saturated rings. The van der Waals surface area contributed by atoms with Gasteiger partial charge in [-0.15, -0.1) is 0 Å². The van der Waals surface area contributed by atoms with Gasteiger partial charge in [0.15, 0.2) is 17.5 Å². The first-order chi connectivity index (χ1) is 12.9. The molecule has 8 heteroatoms. The number of aromatic nitrogens is 2. The van der Waals surface area contributed by atoms with Crippen molar-refractivity contribution in [3.8, 4) is 0 Å². The molecule has 2 N–H and O–H groups in total. The molecule has 27 heavy (non-hydrogen) atoms. The Balaban J connectivity index is 1.64. The minimum absolute atomic E-state index is 0.0419. The second kappa shape index (κ2) is 7.86. The van der Waals surface area contributed by atoms with Crippen LogP contribution in [0.5, 0.6) is 0 Å². The number of rotatable bonds is 5. The third-order valence-electron chi connectivity index (χ3n) is 3.73. The van der Waals surface area contributed by atoms with E-state index in [2.05, 4.69) is 20.6 Å². The van der Waals surface area contributed by atoms with Crippen LogP contribution in [0.2, 0.25) is 0 Å². The smallest absolute Gasteiger partial charge is 0.258 e. The van der Waals surface area contributed by atoms with E-state index in [0.717, 1.165) is 23.3 Å². The molecule has 0 aliphatic rings. The van der Waals surface area contributed by atoms with E-state index in [-0.39, 0.29) is 5.56 Å². The lowest BCUT2D eigenvalue weighted by Crippen LogP contribution is -2.15. The van der Waals surface area contributed by atoms with Crippen molar-refractivity contribution < 1.29 is 18.0 Å². The highest BCUT2D eigenvalue weighted by molar-refractivity contribution is 6.03. The second-order valence-electron chi connectivity index (χ2n) is 5.81. The first-order valence-corrected chi connectivity index (χ1v) is 8.00. The van der Waals surface area contributed by atoms with Crippen molar-refractivity contribution in [1.82, 2.24) is 9.97 Å². The van der Waals surface area contributed by atoms with Crippen molar-refractivity contribution in [3.05, 3.63) is 82.9 Å². The number of hydrogen-bond acceptors (Lipinski definition) is 4. The molecule has 2 aromatic carbocycles. The maximum Gasteiger partial charge on any atom is 0.258 e. The Labute approximate surface area is 153 Å². The van der Waals surface area contributed by atoms with Crippen LogP contribution in [0.15, 0.2) is 48.8 Å². The molecule has 1 amide bonds. The van der Waals surface area contributed by atoms with E-state index in [1.807, 2.05) is 31.2 Å². The Morgan fingerprint density at radius 2 is 1.78 bits per heavy atom. The molecule has 3 rings (SSSR count). The van der Waals surface area contributed by atoms with Crippen molar-refractivity contribution in [2.45, 2.75) is 13.5 Å². The van der Waals surface area contributed by atoms with E-state index < -0.39 is 29.0 Å². The fourth-order valence-corrected chi connectivity index (χ4v) is 2.36. The number of aryl methyl sites for hydroxylation is 1. The van der Waals surface area contributed by atoms with E-state index in [9.17, 15) is 18.0 Å². The molecule has 1 aromatic heterocycles. The van der Waals surface area contributed by atoms with Gasteiger partial charge in [-0.3, -0.25) is 4.79 Å². The number of amides is 1. The summed E-state index contributed by atoms with van der Waals surface area (Å²) in [6.45, 7) is 2.50. The average Bonchev–Trinajstić information content (AvgIpc) is 2.67. The van der Waals surface area contributed by atoms with Gasteiger partial charge >= 0.3 is 0 Å². The summed E-state index contributed by atoms with van der Waals surface area (Å²) in [7, 11) is 0. The summed E-state index contributed by atoms with van der Waals surface area (Å²) in [6.07, 6.45) is 2.50. The van der Waals surface area contributed by atoms with Gasteiger partial charge in [-0.05, 0) is 24.6 Å². The van der Waals surface area contributed by atoms with Gasteiger partial charge in [0.2, 0.25) is 5.95 Å². The fourth-order valence-electron chi connectivity index (χ4n) is 2.36. The summed E-state index contributed by atoms with van der Waals surface area (Å²) in [6, 6.07) is 9.57. The molecular formula is C19H15F3N4O. The zero-order valence-electron chi connectivity index (χ0n) is 14.3. The Morgan fingerprint density at radius 1 is 1.04 bits per heavy atom. The molecule has 3 aromatic rings. The number of nitrogens with zero attached hydrogens (tertiary/aromatic N) is 2. The SMILES string of the molecule is Cc1cccc(CNc2ncc(C(=O)Nc3ccc(F)c(F)c3F)cn2)c1. The average molecular weight is 372 g/mol. The maximum atomic E-state index is 13.6. The number of carbonyl (C=O) groups excluding carboxylic acids is 1. The first kappa shape index (κ1) is 18.4. The van der Waals surface area contributed by atoms with Crippen LogP contribution in [0.25, 0.3) is 0 Å². The minimum atomic E-state index is -1.65. The lowest BCUT2D eigenvalue weighted by molar-refractivity contribution is 0.102. The summed E-state index contributed by atoms with van der Waals surface area (Å²) in [4.78, 5) is 20.1. The van der Waals surface area contributed by atoms with Crippen LogP contribution in [0, 0.1) is 24.4 Å². The van der Waals surface area contributed by atoms with E-state index in [1.54, 1.807) is 0 Å². The Kier molecular flexibility index (Phi) is 5.35. The summed E-state index contributed by atoms with van der Waals surface area (Å²) >= 11 is 0.